The van der Waals surface area contributed by atoms with Crippen molar-refractivity contribution < 1.29 is 27.5 Å². The van der Waals surface area contributed by atoms with E-state index in [4.69, 9.17) is 0 Å². The fourth-order valence-corrected chi connectivity index (χ4v) is 3.53. The van der Waals surface area contributed by atoms with Crippen LogP contribution in [0.3, 0.4) is 0 Å². The summed E-state index contributed by atoms with van der Waals surface area (Å²) >= 11 is 0. The quantitative estimate of drug-likeness (QED) is 0.592. The Balaban J connectivity index is 1.57. The number of amides is 3. The molecule has 6 nitrogen and oxygen atoms in total. The van der Waals surface area contributed by atoms with E-state index in [0.29, 0.717) is 0 Å². The van der Waals surface area contributed by atoms with Crippen molar-refractivity contribution in [3.05, 3.63) is 65.9 Å². The maximum absolute atomic E-state index is 12.9. The summed E-state index contributed by atoms with van der Waals surface area (Å²) in [7, 11) is 0. The van der Waals surface area contributed by atoms with Gasteiger partial charge in [-0.3, -0.25) is 9.78 Å². The Morgan fingerprint density at radius 2 is 1.80 bits per heavy atom. The number of aromatic nitrogens is 1. The van der Waals surface area contributed by atoms with Crippen LogP contribution >= 0.6 is 0 Å². The lowest BCUT2D eigenvalue weighted by atomic mass is 10.0. The Morgan fingerprint density at radius 3 is 2.50 bits per heavy atom. The second-order valence-corrected chi connectivity index (χ2v) is 6.85. The van der Waals surface area contributed by atoms with Gasteiger partial charge in [0.2, 0.25) is 0 Å². The number of rotatable bonds is 4. The van der Waals surface area contributed by atoms with Crippen LogP contribution in [0.4, 0.5) is 23.7 Å². The van der Waals surface area contributed by atoms with Crippen LogP contribution in [0.5, 0.6) is 5.75 Å². The minimum Gasteiger partial charge on any atom is -0.406 e. The molecule has 0 radical (unpaired) electrons. The lowest BCUT2D eigenvalue weighted by Crippen LogP contribution is -2.32. The number of hydrogen-bond donors (Lipinski definition) is 0. The van der Waals surface area contributed by atoms with Crippen LogP contribution in [-0.4, -0.2) is 34.7 Å². The van der Waals surface area contributed by atoms with Crippen molar-refractivity contribution in [2.75, 3.05) is 11.4 Å². The first-order valence-electron chi connectivity index (χ1n) is 9.04. The number of alkyl halides is 3. The highest BCUT2D eigenvalue weighted by molar-refractivity contribution is 6.19. The highest BCUT2D eigenvalue weighted by Crippen LogP contribution is 2.29. The number of hydrogen-bond acceptors (Lipinski definition) is 4. The van der Waals surface area contributed by atoms with Crippen LogP contribution in [0.15, 0.2) is 54.7 Å². The fraction of sp³-hybridized carbons (Fsp3) is 0.190. The molecule has 3 amide bonds. The van der Waals surface area contributed by atoms with E-state index in [1.807, 2.05) is 25.1 Å². The van der Waals surface area contributed by atoms with Gasteiger partial charge in [0.1, 0.15) is 12.3 Å². The zero-order valence-electron chi connectivity index (χ0n) is 15.8. The van der Waals surface area contributed by atoms with Gasteiger partial charge in [0.25, 0.3) is 5.91 Å². The van der Waals surface area contributed by atoms with Crippen molar-refractivity contribution in [2.24, 2.45) is 0 Å². The third kappa shape index (κ3) is 3.78. The second-order valence-electron chi connectivity index (χ2n) is 6.85. The summed E-state index contributed by atoms with van der Waals surface area (Å²) in [5.74, 6) is -0.888. The highest BCUT2D eigenvalue weighted by Gasteiger charge is 2.37. The number of pyridine rings is 1. The number of carbonyl (C=O) groups is 2. The standard InChI is InChI=1S/C21H16F3N3O3/c1-13-3-2-4-17-19(13)14(9-10-25-17)11-26-12-18(28)27(20(26)29)15-5-7-16(8-6-15)30-21(22,23)24/h2-10H,11-12H2,1H3. The third-order valence-electron chi connectivity index (χ3n) is 4.79. The summed E-state index contributed by atoms with van der Waals surface area (Å²) in [6.07, 6.45) is -3.17. The molecule has 0 aliphatic carbocycles. The molecule has 1 aliphatic heterocycles. The van der Waals surface area contributed by atoms with Crippen molar-refractivity contribution in [3.63, 3.8) is 0 Å². The van der Waals surface area contributed by atoms with Crippen molar-refractivity contribution in [2.45, 2.75) is 19.8 Å². The van der Waals surface area contributed by atoms with E-state index in [-0.39, 0.29) is 18.8 Å². The summed E-state index contributed by atoms with van der Waals surface area (Å²) in [4.78, 5) is 32.0. The Kier molecular flexibility index (Phi) is 4.81. The van der Waals surface area contributed by atoms with Gasteiger partial charge in [0.15, 0.2) is 0 Å². The molecule has 4 rings (SSSR count). The zero-order chi connectivity index (χ0) is 21.5. The van der Waals surface area contributed by atoms with E-state index in [2.05, 4.69) is 9.72 Å². The highest BCUT2D eigenvalue weighted by atomic mass is 19.4. The maximum atomic E-state index is 12.9. The van der Waals surface area contributed by atoms with E-state index in [1.165, 1.54) is 17.0 Å². The van der Waals surface area contributed by atoms with Gasteiger partial charge in [-0.25, -0.2) is 9.69 Å². The monoisotopic (exact) mass is 415 g/mol. The smallest absolute Gasteiger partial charge is 0.406 e. The molecule has 1 fully saturated rings. The first kappa shape index (κ1) is 19.7. The molecule has 1 saturated heterocycles. The average molecular weight is 415 g/mol. The molecule has 0 unspecified atom stereocenters. The molecule has 1 aliphatic rings. The number of fused-ring (bicyclic) bond motifs is 1. The normalized spacial score (nSPS) is 14.7. The van der Waals surface area contributed by atoms with E-state index in [9.17, 15) is 22.8 Å². The maximum Gasteiger partial charge on any atom is 0.573 e. The summed E-state index contributed by atoms with van der Waals surface area (Å²) < 4.78 is 40.8. The van der Waals surface area contributed by atoms with Gasteiger partial charge in [0.05, 0.1) is 11.2 Å². The number of imide groups is 1. The zero-order valence-corrected chi connectivity index (χ0v) is 15.8. The number of carbonyl (C=O) groups excluding carboxylic acids is 2. The van der Waals surface area contributed by atoms with Gasteiger partial charge in [-0.1, -0.05) is 12.1 Å². The molecule has 154 valence electrons. The summed E-state index contributed by atoms with van der Waals surface area (Å²) in [6, 6.07) is 11.6. The van der Waals surface area contributed by atoms with Gasteiger partial charge in [-0.2, -0.15) is 0 Å². The van der Waals surface area contributed by atoms with Crippen LogP contribution in [0.25, 0.3) is 10.9 Å². The van der Waals surface area contributed by atoms with Gasteiger partial charge >= 0.3 is 12.4 Å². The molecule has 1 aromatic heterocycles. The lowest BCUT2D eigenvalue weighted by molar-refractivity contribution is -0.274. The van der Waals surface area contributed by atoms with Crippen LogP contribution in [-0.2, 0) is 11.3 Å². The van der Waals surface area contributed by atoms with Gasteiger partial charge in [-0.15, -0.1) is 13.2 Å². The second kappa shape index (κ2) is 7.33. The van der Waals surface area contributed by atoms with E-state index in [0.717, 1.165) is 39.1 Å². The number of halogens is 3. The number of benzene rings is 2. The van der Waals surface area contributed by atoms with E-state index in [1.54, 1.807) is 12.3 Å². The SMILES string of the molecule is Cc1cccc2nccc(CN3CC(=O)N(c4ccc(OC(F)(F)F)cc4)C3=O)c12. The Hall–Kier alpha value is -3.62. The van der Waals surface area contributed by atoms with Gasteiger partial charge in [-0.05, 0) is 54.4 Å². The fourth-order valence-electron chi connectivity index (χ4n) is 3.53. The minimum absolute atomic E-state index is 0.130. The Morgan fingerprint density at radius 1 is 1.07 bits per heavy atom. The Bertz CT molecular complexity index is 1120. The van der Waals surface area contributed by atoms with E-state index >= 15 is 0 Å². The van der Waals surface area contributed by atoms with Crippen molar-refractivity contribution in [1.29, 1.82) is 0 Å². The molecular formula is C21H16F3N3O3. The summed E-state index contributed by atoms with van der Waals surface area (Å²) in [5.41, 5.74) is 2.83. The first-order chi connectivity index (χ1) is 14.2. The van der Waals surface area contributed by atoms with Crippen LogP contribution < -0.4 is 9.64 Å². The molecule has 0 bridgehead atoms. The third-order valence-corrected chi connectivity index (χ3v) is 4.79. The van der Waals surface area contributed by atoms with Crippen LogP contribution in [0.1, 0.15) is 11.1 Å². The van der Waals surface area contributed by atoms with Crippen molar-refractivity contribution >= 4 is 28.5 Å². The predicted molar refractivity (Wildman–Crippen MR) is 103 cm³/mol. The van der Waals surface area contributed by atoms with Gasteiger partial charge < -0.3 is 9.64 Å². The van der Waals surface area contributed by atoms with Crippen molar-refractivity contribution in [1.82, 2.24) is 9.88 Å². The van der Waals surface area contributed by atoms with Gasteiger partial charge in [0, 0.05) is 18.1 Å². The summed E-state index contributed by atoms with van der Waals surface area (Å²) in [5, 5.41) is 0.923. The lowest BCUT2D eigenvalue weighted by Gasteiger charge is -2.19. The molecule has 2 heterocycles. The number of ether oxygens (including phenoxy) is 1. The number of anilines is 1. The molecular weight excluding hydrogens is 399 g/mol. The molecule has 2 aromatic carbocycles. The first-order valence-corrected chi connectivity index (χ1v) is 9.04. The number of urea groups is 1. The average Bonchev–Trinajstić information content (AvgIpc) is 2.95. The van der Waals surface area contributed by atoms with Crippen LogP contribution in [0, 0.1) is 6.92 Å². The molecule has 30 heavy (non-hydrogen) atoms. The topological polar surface area (TPSA) is 62.7 Å². The van der Waals surface area contributed by atoms with E-state index < -0.39 is 24.1 Å². The number of aryl methyl sites for hydroxylation is 1. The molecule has 0 atom stereocenters. The molecule has 0 N–H and O–H groups in total. The molecule has 3 aromatic rings. The van der Waals surface area contributed by atoms with Crippen LogP contribution in [0.2, 0.25) is 0 Å². The largest absolute Gasteiger partial charge is 0.573 e. The Labute approximate surface area is 169 Å². The predicted octanol–water partition coefficient (Wildman–Crippen LogP) is 4.41. The minimum atomic E-state index is -4.82. The number of nitrogens with zero attached hydrogens (tertiary/aromatic N) is 3. The molecule has 0 saturated carbocycles. The molecule has 0 spiro atoms. The summed E-state index contributed by atoms with van der Waals surface area (Å²) in [6.45, 7) is 2.02. The van der Waals surface area contributed by atoms with Crippen molar-refractivity contribution in [3.8, 4) is 5.75 Å². The molecule has 9 heteroatoms.